The van der Waals surface area contributed by atoms with Crippen LogP contribution in [0, 0.1) is 5.92 Å². The Morgan fingerprint density at radius 2 is 2.43 bits per heavy atom. The predicted octanol–water partition coefficient (Wildman–Crippen LogP) is 2.90. The molecule has 1 aliphatic rings. The lowest BCUT2D eigenvalue weighted by Gasteiger charge is -2.24. The van der Waals surface area contributed by atoms with Gasteiger partial charge in [-0.25, -0.2) is 4.98 Å². The molecular weight excluding hydrogens is 192 g/mol. The summed E-state index contributed by atoms with van der Waals surface area (Å²) in [7, 11) is 0. The molecule has 0 spiro atoms. The van der Waals surface area contributed by atoms with E-state index < -0.39 is 0 Å². The van der Waals surface area contributed by atoms with E-state index in [0.29, 0.717) is 12.5 Å². The van der Waals surface area contributed by atoms with Crippen molar-refractivity contribution >= 4 is 11.3 Å². The molecule has 1 saturated carbocycles. The van der Waals surface area contributed by atoms with Gasteiger partial charge in [-0.15, -0.1) is 11.3 Å². The molecule has 0 bridgehead atoms. The molecule has 1 aliphatic carbocycles. The van der Waals surface area contributed by atoms with E-state index >= 15 is 0 Å². The molecule has 0 saturated heterocycles. The van der Waals surface area contributed by atoms with Crippen molar-refractivity contribution in [2.75, 3.05) is 0 Å². The second-order valence-corrected chi connectivity index (χ2v) is 5.48. The number of hydrogen-bond donors (Lipinski definition) is 1. The first kappa shape index (κ1) is 10.1. The standard InChI is InChI=1S/C11H18N2S/c1-8-3-2-4-9(5-8)11-13-7-10(6-12)14-11/h7-9H,2-6,12H2,1H3. The van der Waals surface area contributed by atoms with Crippen LogP contribution in [0.5, 0.6) is 0 Å². The van der Waals surface area contributed by atoms with Crippen LogP contribution >= 0.6 is 11.3 Å². The third-order valence-corrected chi connectivity index (χ3v) is 4.24. The van der Waals surface area contributed by atoms with E-state index in [1.807, 2.05) is 6.20 Å². The maximum atomic E-state index is 5.59. The SMILES string of the molecule is CC1CCCC(c2ncc(CN)s2)C1. The number of thiazole rings is 1. The summed E-state index contributed by atoms with van der Waals surface area (Å²) in [6.07, 6.45) is 7.34. The smallest absolute Gasteiger partial charge is 0.0959 e. The van der Waals surface area contributed by atoms with E-state index in [9.17, 15) is 0 Å². The van der Waals surface area contributed by atoms with Gasteiger partial charge in [-0.05, 0) is 18.8 Å². The van der Waals surface area contributed by atoms with Gasteiger partial charge < -0.3 is 5.73 Å². The molecule has 3 heteroatoms. The summed E-state index contributed by atoms with van der Waals surface area (Å²) in [4.78, 5) is 5.70. The Bertz CT molecular complexity index is 295. The zero-order valence-electron chi connectivity index (χ0n) is 8.70. The molecular formula is C11H18N2S. The van der Waals surface area contributed by atoms with Gasteiger partial charge in [0.05, 0.1) is 5.01 Å². The summed E-state index contributed by atoms with van der Waals surface area (Å²) >= 11 is 1.81. The molecule has 2 unspecified atom stereocenters. The monoisotopic (exact) mass is 210 g/mol. The normalized spacial score (nSPS) is 27.9. The van der Waals surface area contributed by atoms with Gasteiger partial charge in [-0.1, -0.05) is 19.8 Å². The number of nitrogens with two attached hydrogens (primary N) is 1. The van der Waals surface area contributed by atoms with E-state index in [2.05, 4.69) is 11.9 Å². The zero-order chi connectivity index (χ0) is 9.97. The average molecular weight is 210 g/mol. The second-order valence-electron chi connectivity index (χ2n) is 4.34. The number of nitrogens with zero attached hydrogens (tertiary/aromatic N) is 1. The lowest BCUT2D eigenvalue weighted by atomic mass is 9.83. The number of rotatable bonds is 2. The Balaban J connectivity index is 2.06. The van der Waals surface area contributed by atoms with Gasteiger partial charge >= 0.3 is 0 Å². The highest BCUT2D eigenvalue weighted by atomic mass is 32.1. The minimum absolute atomic E-state index is 0.639. The molecule has 2 N–H and O–H groups in total. The topological polar surface area (TPSA) is 38.9 Å². The molecule has 2 nitrogen and oxygen atoms in total. The van der Waals surface area contributed by atoms with Crippen molar-refractivity contribution < 1.29 is 0 Å². The zero-order valence-corrected chi connectivity index (χ0v) is 9.52. The maximum absolute atomic E-state index is 5.59. The number of aromatic nitrogens is 1. The van der Waals surface area contributed by atoms with Crippen molar-refractivity contribution in [1.29, 1.82) is 0 Å². The Morgan fingerprint density at radius 3 is 3.07 bits per heavy atom. The fourth-order valence-corrected chi connectivity index (χ4v) is 3.21. The van der Waals surface area contributed by atoms with Crippen LogP contribution in [0.3, 0.4) is 0 Å². The third-order valence-electron chi connectivity index (χ3n) is 3.06. The summed E-state index contributed by atoms with van der Waals surface area (Å²) in [5, 5.41) is 1.32. The van der Waals surface area contributed by atoms with Crippen LogP contribution < -0.4 is 5.73 Å². The molecule has 1 aromatic heterocycles. The van der Waals surface area contributed by atoms with Crippen molar-refractivity contribution in [3.05, 3.63) is 16.1 Å². The number of hydrogen-bond acceptors (Lipinski definition) is 3. The van der Waals surface area contributed by atoms with Gasteiger partial charge in [-0.3, -0.25) is 0 Å². The van der Waals surface area contributed by atoms with Crippen LogP contribution in [0.2, 0.25) is 0 Å². The molecule has 1 heterocycles. The molecule has 78 valence electrons. The quantitative estimate of drug-likeness (QED) is 0.815. The maximum Gasteiger partial charge on any atom is 0.0959 e. The van der Waals surface area contributed by atoms with Gasteiger partial charge in [0, 0.05) is 23.5 Å². The Hall–Kier alpha value is -0.410. The molecule has 2 atom stereocenters. The molecule has 14 heavy (non-hydrogen) atoms. The molecule has 0 amide bonds. The molecule has 0 aliphatic heterocycles. The summed E-state index contributed by atoms with van der Waals surface area (Å²) in [5.74, 6) is 1.59. The van der Waals surface area contributed by atoms with Crippen LogP contribution in [0.15, 0.2) is 6.20 Å². The minimum Gasteiger partial charge on any atom is -0.326 e. The highest BCUT2D eigenvalue weighted by molar-refractivity contribution is 7.11. The first-order valence-electron chi connectivity index (χ1n) is 5.44. The van der Waals surface area contributed by atoms with Crippen LogP contribution in [-0.2, 0) is 6.54 Å². The molecule has 1 fully saturated rings. The highest BCUT2D eigenvalue weighted by Crippen LogP contribution is 2.37. The van der Waals surface area contributed by atoms with Crippen LogP contribution in [0.4, 0.5) is 0 Å². The largest absolute Gasteiger partial charge is 0.326 e. The highest BCUT2D eigenvalue weighted by Gasteiger charge is 2.22. The van der Waals surface area contributed by atoms with Crippen LogP contribution in [0.25, 0.3) is 0 Å². The second kappa shape index (κ2) is 4.41. The van der Waals surface area contributed by atoms with Gasteiger partial charge in [0.1, 0.15) is 0 Å². The molecule has 2 rings (SSSR count). The fraction of sp³-hybridized carbons (Fsp3) is 0.727. The van der Waals surface area contributed by atoms with Crippen molar-refractivity contribution in [2.24, 2.45) is 11.7 Å². The van der Waals surface area contributed by atoms with E-state index in [1.54, 1.807) is 11.3 Å². The molecule has 0 radical (unpaired) electrons. The Labute approximate surface area is 89.5 Å². The fourth-order valence-electron chi connectivity index (χ4n) is 2.26. The Morgan fingerprint density at radius 1 is 1.57 bits per heavy atom. The molecule has 1 aromatic rings. The van der Waals surface area contributed by atoms with Crippen molar-refractivity contribution in [1.82, 2.24) is 4.98 Å². The van der Waals surface area contributed by atoms with E-state index in [0.717, 1.165) is 5.92 Å². The minimum atomic E-state index is 0.639. The lowest BCUT2D eigenvalue weighted by Crippen LogP contribution is -2.11. The first-order valence-corrected chi connectivity index (χ1v) is 6.26. The van der Waals surface area contributed by atoms with Gasteiger partial charge in [0.25, 0.3) is 0 Å². The van der Waals surface area contributed by atoms with Crippen molar-refractivity contribution in [2.45, 2.75) is 45.1 Å². The Kier molecular flexibility index (Phi) is 3.19. The van der Waals surface area contributed by atoms with Crippen LogP contribution in [-0.4, -0.2) is 4.98 Å². The summed E-state index contributed by atoms with van der Waals surface area (Å²) < 4.78 is 0. The predicted molar refractivity (Wildman–Crippen MR) is 60.4 cm³/mol. The van der Waals surface area contributed by atoms with Crippen LogP contribution in [0.1, 0.15) is 48.4 Å². The third kappa shape index (κ3) is 2.15. The lowest BCUT2D eigenvalue weighted by molar-refractivity contribution is 0.343. The summed E-state index contributed by atoms with van der Waals surface area (Å²) in [5.41, 5.74) is 5.59. The average Bonchev–Trinajstić information content (AvgIpc) is 2.66. The van der Waals surface area contributed by atoms with Gasteiger partial charge in [-0.2, -0.15) is 0 Å². The summed E-state index contributed by atoms with van der Waals surface area (Å²) in [6, 6.07) is 0. The van der Waals surface area contributed by atoms with E-state index in [1.165, 1.54) is 35.6 Å². The summed E-state index contributed by atoms with van der Waals surface area (Å²) in [6.45, 7) is 2.99. The van der Waals surface area contributed by atoms with E-state index in [-0.39, 0.29) is 0 Å². The van der Waals surface area contributed by atoms with Crippen molar-refractivity contribution in [3.63, 3.8) is 0 Å². The molecule has 0 aromatic carbocycles. The first-order chi connectivity index (χ1) is 6.79. The van der Waals surface area contributed by atoms with Crippen molar-refractivity contribution in [3.8, 4) is 0 Å². The van der Waals surface area contributed by atoms with E-state index in [4.69, 9.17) is 5.73 Å². The van der Waals surface area contributed by atoms with Gasteiger partial charge in [0.15, 0.2) is 0 Å². The van der Waals surface area contributed by atoms with Gasteiger partial charge in [0.2, 0.25) is 0 Å².